The van der Waals surface area contributed by atoms with Gasteiger partial charge in [-0.2, -0.15) is 0 Å². The predicted molar refractivity (Wildman–Crippen MR) is 82.6 cm³/mol. The summed E-state index contributed by atoms with van der Waals surface area (Å²) in [4.78, 5) is 28.2. The third kappa shape index (κ3) is 3.37. The van der Waals surface area contributed by atoms with Gasteiger partial charge in [0, 0.05) is 38.3 Å². The van der Waals surface area contributed by atoms with Crippen molar-refractivity contribution in [2.45, 2.75) is 25.9 Å². The molecule has 2 aliphatic rings. The highest BCUT2D eigenvalue weighted by atomic mass is 19.1. The van der Waals surface area contributed by atoms with E-state index in [2.05, 4.69) is 0 Å². The van der Waals surface area contributed by atoms with Crippen molar-refractivity contribution in [2.75, 3.05) is 32.8 Å². The van der Waals surface area contributed by atoms with Gasteiger partial charge in [-0.25, -0.2) is 4.39 Å². The van der Waals surface area contributed by atoms with E-state index < -0.39 is 0 Å². The van der Waals surface area contributed by atoms with Gasteiger partial charge in [0.2, 0.25) is 0 Å². The number of benzene rings is 1. The fourth-order valence-corrected chi connectivity index (χ4v) is 3.07. The minimum atomic E-state index is -0.312. The Balaban J connectivity index is 1.58. The van der Waals surface area contributed by atoms with Crippen LogP contribution in [0.3, 0.4) is 0 Å². The molecule has 1 unspecified atom stereocenters. The van der Waals surface area contributed by atoms with Crippen molar-refractivity contribution in [2.24, 2.45) is 0 Å². The topological polar surface area (TPSA) is 49.9 Å². The van der Waals surface area contributed by atoms with E-state index in [0.717, 1.165) is 12.8 Å². The summed E-state index contributed by atoms with van der Waals surface area (Å²) in [5.74, 6) is -0.391. The maximum absolute atomic E-state index is 13.3. The Bertz CT molecular complexity index is 606. The van der Waals surface area contributed by atoms with E-state index in [1.807, 2.05) is 0 Å². The molecule has 0 spiro atoms. The molecule has 0 aromatic heterocycles. The fraction of sp³-hybridized carbons (Fsp3) is 0.529. The van der Waals surface area contributed by atoms with Crippen LogP contribution in [0.4, 0.5) is 4.39 Å². The molecule has 2 aliphatic heterocycles. The van der Waals surface area contributed by atoms with Gasteiger partial charge in [-0.3, -0.25) is 9.59 Å². The van der Waals surface area contributed by atoms with Gasteiger partial charge in [-0.1, -0.05) is 0 Å². The summed E-state index contributed by atoms with van der Waals surface area (Å²) in [6.07, 6.45) is 1.41. The molecule has 2 amide bonds. The van der Waals surface area contributed by atoms with E-state index in [1.165, 1.54) is 12.1 Å². The molecule has 0 saturated carbocycles. The Kier molecular flexibility index (Phi) is 4.61. The molecule has 0 radical (unpaired) electrons. The highest BCUT2D eigenvalue weighted by molar-refractivity contribution is 5.94. The molecule has 2 fully saturated rings. The van der Waals surface area contributed by atoms with E-state index >= 15 is 0 Å². The highest BCUT2D eigenvalue weighted by Gasteiger charge is 2.31. The van der Waals surface area contributed by atoms with Gasteiger partial charge in [0.05, 0.1) is 0 Å². The molecule has 3 rings (SSSR count). The number of halogens is 1. The average Bonchev–Trinajstić information content (AvgIpc) is 3.11. The second kappa shape index (κ2) is 6.66. The molecule has 6 heteroatoms. The first kappa shape index (κ1) is 15.9. The molecule has 0 bridgehead atoms. The van der Waals surface area contributed by atoms with Crippen LogP contribution in [0, 0.1) is 12.7 Å². The maximum Gasteiger partial charge on any atom is 0.253 e. The summed E-state index contributed by atoms with van der Waals surface area (Å²) in [5.41, 5.74) is 0.950. The van der Waals surface area contributed by atoms with Gasteiger partial charge >= 0.3 is 0 Å². The second-order valence-electron chi connectivity index (χ2n) is 6.08. The van der Waals surface area contributed by atoms with Crippen LogP contribution in [0.15, 0.2) is 18.2 Å². The largest absolute Gasteiger partial charge is 0.368 e. The smallest absolute Gasteiger partial charge is 0.253 e. The number of nitrogens with zero attached hydrogens (tertiary/aromatic N) is 2. The van der Waals surface area contributed by atoms with E-state index in [4.69, 9.17) is 4.74 Å². The van der Waals surface area contributed by atoms with Gasteiger partial charge in [0.15, 0.2) is 0 Å². The fourth-order valence-electron chi connectivity index (χ4n) is 3.07. The number of hydrogen-bond donors (Lipinski definition) is 0. The first-order chi connectivity index (χ1) is 11.1. The lowest BCUT2D eigenvalue weighted by Crippen LogP contribution is -2.52. The zero-order chi connectivity index (χ0) is 16.4. The molecule has 1 atom stereocenters. The Hall–Kier alpha value is -1.95. The molecule has 2 heterocycles. The van der Waals surface area contributed by atoms with Crippen LogP contribution in [0.5, 0.6) is 0 Å². The molecule has 2 saturated heterocycles. The Morgan fingerprint density at radius 1 is 1.17 bits per heavy atom. The van der Waals surface area contributed by atoms with Crippen LogP contribution in [0.1, 0.15) is 28.8 Å². The zero-order valence-electron chi connectivity index (χ0n) is 13.3. The van der Waals surface area contributed by atoms with E-state index in [0.29, 0.717) is 43.9 Å². The number of hydrogen-bond acceptors (Lipinski definition) is 3. The molecular formula is C17H21FN2O3. The summed E-state index contributed by atoms with van der Waals surface area (Å²) in [6, 6.07) is 4.40. The molecule has 0 N–H and O–H groups in total. The quantitative estimate of drug-likeness (QED) is 0.832. The Morgan fingerprint density at radius 2 is 1.87 bits per heavy atom. The number of carbonyl (C=O) groups excluding carboxylic acids is 2. The van der Waals surface area contributed by atoms with Gasteiger partial charge < -0.3 is 14.5 Å². The lowest BCUT2D eigenvalue weighted by molar-refractivity contribution is -0.142. The summed E-state index contributed by atoms with van der Waals surface area (Å²) in [7, 11) is 0. The van der Waals surface area contributed by atoms with Crippen molar-refractivity contribution >= 4 is 11.8 Å². The average molecular weight is 320 g/mol. The Morgan fingerprint density at radius 3 is 2.48 bits per heavy atom. The zero-order valence-corrected chi connectivity index (χ0v) is 13.3. The van der Waals surface area contributed by atoms with Crippen LogP contribution in [0.2, 0.25) is 0 Å². The first-order valence-electron chi connectivity index (χ1n) is 8.02. The van der Waals surface area contributed by atoms with Gasteiger partial charge in [-0.05, 0) is 43.5 Å². The molecule has 5 nitrogen and oxygen atoms in total. The van der Waals surface area contributed by atoms with Crippen molar-refractivity contribution in [3.63, 3.8) is 0 Å². The van der Waals surface area contributed by atoms with Crippen molar-refractivity contribution < 1.29 is 18.7 Å². The minimum Gasteiger partial charge on any atom is -0.368 e. The number of carbonyl (C=O) groups is 2. The van der Waals surface area contributed by atoms with Crippen molar-refractivity contribution in [1.29, 1.82) is 0 Å². The maximum atomic E-state index is 13.3. The lowest BCUT2D eigenvalue weighted by Gasteiger charge is -2.35. The van der Waals surface area contributed by atoms with Crippen molar-refractivity contribution in [1.82, 2.24) is 9.80 Å². The molecule has 0 aliphatic carbocycles. The number of rotatable bonds is 2. The van der Waals surface area contributed by atoms with Gasteiger partial charge in [-0.15, -0.1) is 0 Å². The van der Waals surface area contributed by atoms with Crippen LogP contribution >= 0.6 is 0 Å². The molecule has 23 heavy (non-hydrogen) atoms. The van der Waals surface area contributed by atoms with Crippen molar-refractivity contribution in [3.05, 3.63) is 35.1 Å². The highest BCUT2D eigenvalue weighted by Crippen LogP contribution is 2.17. The van der Waals surface area contributed by atoms with Gasteiger partial charge in [0.25, 0.3) is 11.8 Å². The van der Waals surface area contributed by atoms with Crippen LogP contribution in [-0.4, -0.2) is 60.5 Å². The van der Waals surface area contributed by atoms with Crippen LogP contribution < -0.4 is 0 Å². The normalized spacial score (nSPS) is 21.6. The summed E-state index contributed by atoms with van der Waals surface area (Å²) >= 11 is 0. The molecular weight excluding hydrogens is 299 g/mol. The lowest BCUT2D eigenvalue weighted by atomic mass is 10.1. The predicted octanol–water partition coefficient (Wildman–Crippen LogP) is 1.60. The van der Waals surface area contributed by atoms with E-state index in [-0.39, 0.29) is 23.7 Å². The second-order valence-corrected chi connectivity index (χ2v) is 6.08. The minimum absolute atomic E-state index is 0.0345. The Labute approximate surface area is 135 Å². The third-order valence-corrected chi connectivity index (χ3v) is 4.49. The molecule has 1 aromatic carbocycles. The number of piperazine rings is 1. The van der Waals surface area contributed by atoms with Crippen molar-refractivity contribution in [3.8, 4) is 0 Å². The monoisotopic (exact) mass is 320 g/mol. The van der Waals surface area contributed by atoms with E-state index in [1.54, 1.807) is 22.8 Å². The number of amides is 2. The van der Waals surface area contributed by atoms with E-state index in [9.17, 15) is 14.0 Å². The first-order valence-corrected chi connectivity index (χ1v) is 8.02. The molecule has 124 valence electrons. The van der Waals surface area contributed by atoms with Gasteiger partial charge in [0.1, 0.15) is 11.9 Å². The number of ether oxygens (including phenoxy) is 1. The molecule has 1 aromatic rings. The summed E-state index contributed by atoms with van der Waals surface area (Å²) < 4.78 is 18.7. The van der Waals surface area contributed by atoms with Crippen LogP contribution in [-0.2, 0) is 9.53 Å². The standard InChI is InChI=1S/C17H21FN2O3/c1-12-11-13(4-5-14(12)18)16(21)19-6-8-20(9-7-19)17(22)15-3-2-10-23-15/h4-5,11,15H,2-3,6-10H2,1H3. The van der Waals surface area contributed by atoms with Crippen LogP contribution in [0.25, 0.3) is 0 Å². The number of aryl methyl sites for hydroxylation is 1. The SMILES string of the molecule is Cc1cc(C(=O)N2CCN(C(=O)C3CCCO3)CC2)ccc1F. The third-order valence-electron chi connectivity index (χ3n) is 4.49. The summed E-state index contributed by atoms with van der Waals surface area (Å²) in [5, 5.41) is 0. The summed E-state index contributed by atoms with van der Waals surface area (Å²) in [6.45, 7) is 4.32.